The maximum absolute atomic E-state index is 13.3. The quantitative estimate of drug-likeness (QED) is 0.759. The van der Waals surface area contributed by atoms with Gasteiger partial charge in [-0.2, -0.15) is 0 Å². The number of halogens is 2. The number of benzene rings is 1. The number of urea groups is 1. The third kappa shape index (κ3) is 4.67. The Kier molecular flexibility index (Phi) is 6.07. The third-order valence-electron chi connectivity index (χ3n) is 2.30. The van der Waals surface area contributed by atoms with E-state index in [9.17, 15) is 13.6 Å². The maximum Gasteiger partial charge on any atom is 0.314 e. The molecule has 6 heteroatoms. The number of carbonyl (C=O) groups excluding carboxylic acids is 1. The highest BCUT2D eigenvalue weighted by atomic mass is 19.2. The summed E-state index contributed by atoms with van der Waals surface area (Å²) in [6.45, 7) is 1.06. The number of hydrogen-bond donors (Lipinski definition) is 2. The number of methoxy groups -OCH3 is 1. The predicted octanol–water partition coefficient (Wildman–Crippen LogP) is 1.45. The average Bonchev–Trinajstić information content (AvgIpc) is 2.35. The van der Waals surface area contributed by atoms with Gasteiger partial charge in [-0.3, -0.25) is 0 Å². The van der Waals surface area contributed by atoms with Crippen LogP contribution in [0.2, 0.25) is 0 Å². The second kappa shape index (κ2) is 7.60. The van der Waals surface area contributed by atoms with Crippen LogP contribution >= 0.6 is 0 Å². The molecular weight excluding hydrogens is 242 g/mol. The largest absolute Gasteiger partial charge is 0.383 e. The molecule has 0 aromatic heterocycles. The minimum atomic E-state index is -0.878. The molecular formula is C12H16F2N2O2. The monoisotopic (exact) mass is 258 g/mol. The molecule has 100 valence electrons. The third-order valence-corrected chi connectivity index (χ3v) is 2.30. The average molecular weight is 258 g/mol. The van der Waals surface area contributed by atoms with Crippen LogP contribution in [-0.2, 0) is 11.2 Å². The molecule has 1 aromatic carbocycles. The number of carbonyl (C=O) groups is 1. The highest BCUT2D eigenvalue weighted by molar-refractivity contribution is 5.73. The summed E-state index contributed by atoms with van der Waals surface area (Å²) in [5, 5.41) is 5.09. The van der Waals surface area contributed by atoms with E-state index in [0.29, 0.717) is 13.2 Å². The Bertz CT molecular complexity index is 400. The Labute approximate surface area is 104 Å². The van der Waals surface area contributed by atoms with E-state index in [2.05, 4.69) is 10.6 Å². The SMILES string of the molecule is COCCNC(=O)NCCc1cccc(F)c1F. The fourth-order valence-corrected chi connectivity index (χ4v) is 1.38. The van der Waals surface area contributed by atoms with Gasteiger partial charge in [0.05, 0.1) is 6.61 Å². The summed E-state index contributed by atoms with van der Waals surface area (Å²) in [6, 6.07) is 3.63. The van der Waals surface area contributed by atoms with Gasteiger partial charge in [0.15, 0.2) is 11.6 Å². The molecule has 1 aromatic rings. The zero-order chi connectivity index (χ0) is 13.4. The molecule has 0 heterocycles. The van der Waals surface area contributed by atoms with Crippen molar-refractivity contribution < 1.29 is 18.3 Å². The molecule has 1 rings (SSSR count). The molecule has 0 saturated heterocycles. The number of ether oxygens (including phenoxy) is 1. The summed E-state index contributed by atoms with van der Waals surface area (Å²) in [5.41, 5.74) is 0.243. The van der Waals surface area contributed by atoms with Gasteiger partial charge < -0.3 is 15.4 Å². The smallest absolute Gasteiger partial charge is 0.314 e. The van der Waals surface area contributed by atoms with Crippen LogP contribution < -0.4 is 10.6 Å². The van der Waals surface area contributed by atoms with E-state index in [4.69, 9.17) is 4.74 Å². The van der Waals surface area contributed by atoms with Crippen molar-refractivity contribution in [2.75, 3.05) is 26.8 Å². The van der Waals surface area contributed by atoms with Crippen LogP contribution in [0.25, 0.3) is 0 Å². The van der Waals surface area contributed by atoms with Gasteiger partial charge in [0, 0.05) is 20.2 Å². The molecule has 2 N–H and O–H groups in total. The van der Waals surface area contributed by atoms with Gasteiger partial charge >= 0.3 is 6.03 Å². The Morgan fingerprint density at radius 1 is 1.28 bits per heavy atom. The van der Waals surface area contributed by atoms with Crippen molar-refractivity contribution in [2.45, 2.75) is 6.42 Å². The molecule has 0 aliphatic rings. The molecule has 0 atom stereocenters. The standard InChI is InChI=1S/C12H16F2N2O2/c1-18-8-7-16-12(17)15-6-5-9-3-2-4-10(13)11(9)14/h2-4H,5-8H2,1H3,(H2,15,16,17). The first-order valence-corrected chi connectivity index (χ1v) is 5.58. The molecule has 0 radical (unpaired) electrons. The van der Waals surface area contributed by atoms with Crippen LogP contribution in [0.5, 0.6) is 0 Å². The Morgan fingerprint density at radius 2 is 2.00 bits per heavy atom. The topological polar surface area (TPSA) is 50.4 Å². The van der Waals surface area contributed by atoms with Crippen LogP contribution in [0.1, 0.15) is 5.56 Å². The molecule has 0 spiro atoms. The van der Waals surface area contributed by atoms with Crippen molar-refractivity contribution in [1.29, 1.82) is 0 Å². The van der Waals surface area contributed by atoms with Gasteiger partial charge in [-0.15, -0.1) is 0 Å². The highest BCUT2D eigenvalue weighted by Gasteiger charge is 2.07. The van der Waals surface area contributed by atoms with Crippen molar-refractivity contribution in [3.05, 3.63) is 35.4 Å². The molecule has 0 unspecified atom stereocenters. The second-order valence-electron chi connectivity index (χ2n) is 3.64. The highest BCUT2D eigenvalue weighted by Crippen LogP contribution is 2.11. The number of hydrogen-bond acceptors (Lipinski definition) is 2. The van der Waals surface area contributed by atoms with Crippen molar-refractivity contribution >= 4 is 6.03 Å². The minimum Gasteiger partial charge on any atom is -0.383 e. The van der Waals surface area contributed by atoms with E-state index >= 15 is 0 Å². The Balaban J connectivity index is 2.29. The van der Waals surface area contributed by atoms with E-state index in [-0.39, 0.29) is 24.6 Å². The normalized spacial score (nSPS) is 10.2. The molecule has 18 heavy (non-hydrogen) atoms. The van der Waals surface area contributed by atoms with E-state index in [1.807, 2.05) is 0 Å². The van der Waals surface area contributed by atoms with Crippen LogP contribution in [0.4, 0.5) is 13.6 Å². The van der Waals surface area contributed by atoms with Gasteiger partial charge in [0.25, 0.3) is 0 Å². The minimum absolute atomic E-state index is 0.235. The molecule has 2 amide bonds. The molecule has 0 aliphatic heterocycles. The number of nitrogens with one attached hydrogen (secondary N) is 2. The zero-order valence-electron chi connectivity index (χ0n) is 10.1. The summed E-state index contributed by atoms with van der Waals surface area (Å²) in [6.07, 6.45) is 0.237. The predicted molar refractivity (Wildman–Crippen MR) is 63.3 cm³/mol. The molecule has 4 nitrogen and oxygen atoms in total. The summed E-state index contributed by atoms with van der Waals surface area (Å²) in [4.78, 5) is 11.2. The van der Waals surface area contributed by atoms with Gasteiger partial charge in [-0.1, -0.05) is 12.1 Å². The summed E-state index contributed by atoms with van der Waals surface area (Å²) in [7, 11) is 1.53. The molecule has 0 saturated carbocycles. The van der Waals surface area contributed by atoms with Crippen molar-refractivity contribution in [3.63, 3.8) is 0 Å². The number of amides is 2. The van der Waals surface area contributed by atoms with Crippen molar-refractivity contribution in [3.8, 4) is 0 Å². The first-order chi connectivity index (χ1) is 8.65. The molecule has 0 fully saturated rings. The van der Waals surface area contributed by atoms with E-state index in [1.165, 1.54) is 19.2 Å². The first-order valence-electron chi connectivity index (χ1n) is 5.58. The maximum atomic E-state index is 13.3. The second-order valence-corrected chi connectivity index (χ2v) is 3.64. The summed E-state index contributed by atoms with van der Waals surface area (Å²) >= 11 is 0. The van der Waals surface area contributed by atoms with Gasteiger partial charge in [0.2, 0.25) is 0 Å². The summed E-state index contributed by atoms with van der Waals surface area (Å²) < 4.78 is 30.9. The lowest BCUT2D eigenvalue weighted by Gasteiger charge is -2.07. The van der Waals surface area contributed by atoms with E-state index in [0.717, 1.165) is 6.07 Å². The van der Waals surface area contributed by atoms with Gasteiger partial charge in [0.1, 0.15) is 0 Å². The fraction of sp³-hybridized carbons (Fsp3) is 0.417. The van der Waals surface area contributed by atoms with Crippen molar-refractivity contribution in [2.24, 2.45) is 0 Å². The fourth-order valence-electron chi connectivity index (χ4n) is 1.38. The lowest BCUT2D eigenvalue weighted by atomic mass is 10.1. The van der Waals surface area contributed by atoms with Crippen molar-refractivity contribution in [1.82, 2.24) is 10.6 Å². The van der Waals surface area contributed by atoms with E-state index in [1.54, 1.807) is 0 Å². The van der Waals surface area contributed by atoms with Crippen LogP contribution in [0, 0.1) is 11.6 Å². The zero-order valence-corrected chi connectivity index (χ0v) is 10.1. The van der Waals surface area contributed by atoms with Gasteiger partial charge in [-0.25, -0.2) is 13.6 Å². The Morgan fingerprint density at radius 3 is 2.72 bits per heavy atom. The van der Waals surface area contributed by atoms with Gasteiger partial charge in [-0.05, 0) is 18.1 Å². The van der Waals surface area contributed by atoms with Crippen LogP contribution in [-0.4, -0.2) is 32.8 Å². The number of rotatable bonds is 6. The lowest BCUT2D eigenvalue weighted by molar-refractivity contribution is 0.196. The first kappa shape index (κ1) is 14.4. The van der Waals surface area contributed by atoms with E-state index < -0.39 is 11.6 Å². The van der Waals surface area contributed by atoms with Crippen LogP contribution in [0.3, 0.4) is 0 Å². The molecule has 0 aliphatic carbocycles. The lowest BCUT2D eigenvalue weighted by Crippen LogP contribution is -2.38. The Hall–Kier alpha value is -1.69. The van der Waals surface area contributed by atoms with Crippen LogP contribution in [0.15, 0.2) is 18.2 Å². The molecule has 0 bridgehead atoms. The summed E-state index contributed by atoms with van der Waals surface area (Å²) in [5.74, 6) is -1.74.